The number of benzene rings is 2. The van der Waals surface area contributed by atoms with Gasteiger partial charge >= 0.3 is 5.97 Å². The number of ether oxygens (including phenoxy) is 1. The molecule has 5 nitrogen and oxygen atoms in total. The molecule has 2 aromatic carbocycles. The Kier molecular flexibility index (Phi) is 20.3. The number of aromatic nitrogens is 1. The van der Waals surface area contributed by atoms with Crippen molar-refractivity contribution in [2.24, 2.45) is 0 Å². The molecule has 0 bridgehead atoms. The topological polar surface area (TPSA) is 68.3 Å². The summed E-state index contributed by atoms with van der Waals surface area (Å²) in [4.78, 5) is 31.3. The van der Waals surface area contributed by atoms with Crippen LogP contribution in [-0.4, -0.2) is 41.5 Å². The van der Waals surface area contributed by atoms with E-state index in [9.17, 15) is 9.59 Å². The standard InChI is InChI=1S/C44H62N2O3S/c1-5-6-7-8-9-10-11-12-13-14-15-16-17-18-19-22-31-49-44(48)42(29-32-50-4)46-43(47)40-28-27-37(36(3)38-25-23-30-45-34-38)33-41(40)39-26-21-20-24-35(39)2/h20-21,23-28,30,33-34,42H,3,5-19,22,29,31-32H2,1-2,4H3,(H,46,47)/t42-/m0/s1. The van der Waals surface area contributed by atoms with Gasteiger partial charge in [0.15, 0.2) is 0 Å². The first-order valence-corrected chi connectivity index (χ1v) is 20.6. The highest BCUT2D eigenvalue weighted by molar-refractivity contribution is 7.98. The van der Waals surface area contributed by atoms with Crippen molar-refractivity contribution in [1.29, 1.82) is 0 Å². The van der Waals surface area contributed by atoms with E-state index in [2.05, 4.69) is 23.8 Å². The van der Waals surface area contributed by atoms with Crippen molar-refractivity contribution < 1.29 is 14.3 Å². The minimum atomic E-state index is -0.703. The fraction of sp³-hybridized carbons (Fsp3) is 0.523. The molecule has 3 rings (SSSR count). The van der Waals surface area contributed by atoms with Crippen molar-refractivity contribution in [3.63, 3.8) is 0 Å². The summed E-state index contributed by atoms with van der Waals surface area (Å²) in [5, 5.41) is 3.03. The van der Waals surface area contributed by atoms with Gasteiger partial charge < -0.3 is 10.1 Å². The molecule has 1 heterocycles. The van der Waals surface area contributed by atoms with Crippen LogP contribution in [0.25, 0.3) is 16.7 Å². The lowest BCUT2D eigenvalue weighted by atomic mass is 9.90. The summed E-state index contributed by atoms with van der Waals surface area (Å²) in [7, 11) is 0. The van der Waals surface area contributed by atoms with E-state index in [1.54, 1.807) is 24.2 Å². The molecule has 1 aromatic heterocycles. The summed E-state index contributed by atoms with van der Waals surface area (Å²) in [6.07, 6.45) is 26.9. The highest BCUT2D eigenvalue weighted by Crippen LogP contribution is 2.32. The summed E-state index contributed by atoms with van der Waals surface area (Å²) in [5.74, 6) is 0.104. The molecule has 0 saturated carbocycles. The van der Waals surface area contributed by atoms with Gasteiger partial charge in [0.05, 0.1) is 6.61 Å². The van der Waals surface area contributed by atoms with Crippen molar-refractivity contribution in [2.45, 2.75) is 129 Å². The Morgan fingerprint density at radius 3 is 1.98 bits per heavy atom. The molecule has 0 saturated heterocycles. The summed E-state index contributed by atoms with van der Waals surface area (Å²) in [6.45, 7) is 9.02. The molecule has 0 aliphatic rings. The van der Waals surface area contributed by atoms with E-state index < -0.39 is 6.04 Å². The lowest BCUT2D eigenvalue weighted by Crippen LogP contribution is -2.42. The minimum Gasteiger partial charge on any atom is -0.464 e. The lowest BCUT2D eigenvalue weighted by molar-refractivity contribution is -0.146. The molecule has 0 fully saturated rings. The molecular weight excluding hydrogens is 637 g/mol. The van der Waals surface area contributed by atoms with Gasteiger partial charge in [0, 0.05) is 18.0 Å². The zero-order valence-electron chi connectivity index (χ0n) is 31.2. The first-order chi connectivity index (χ1) is 24.5. The predicted molar refractivity (Wildman–Crippen MR) is 214 cm³/mol. The first kappa shape index (κ1) is 41.0. The predicted octanol–water partition coefficient (Wildman–Crippen LogP) is 11.8. The van der Waals surface area contributed by atoms with E-state index in [1.165, 1.54) is 89.9 Å². The van der Waals surface area contributed by atoms with Gasteiger partial charge in [-0.05, 0) is 83.4 Å². The van der Waals surface area contributed by atoms with Gasteiger partial charge in [0.25, 0.3) is 5.91 Å². The van der Waals surface area contributed by atoms with E-state index in [0.29, 0.717) is 18.6 Å². The van der Waals surface area contributed by atoms with Gasteiger partial charge in [-0.15, -0.1) is 0 Å². The average molecular weight is 699 g/mol. The molecule has 0 aliphatic heterocycles. The highest BCUT2D eigenvalue weighted by Gasteiger charge is 2.25. The van der Waals surface area contributed by atoms with Gasteiger partial charge in [-0.25, -0.2) is 4.79 Å². The van der Waals surface area contributed by atoms with Crippen LogP contribution < -0.4 is 5.32 Å². The fourth-order valence-corrected chi connectivity index (χ4v) is 6.85. The van der Waals surface area contributed by atoms with E-state index in [1.807, 2.05) is 67.8 Å². The van der Waals surface area contributed by atoms with Crippen LogP contribution in [0.15, 0.2) is 73.6 Å². The van der Waals surface area contributed by atoms with Crippen LogP contribution in [0.2, 0.25) is 0 Å². The van der Waals surface area contributed by atoms with Gasteiger partial charge in [-0.1, -0.05) is 146 Å². The number of hydrogen-bond donors (Lipinski definition) is 1. The lowest BCUT2D eigenvalue weighted by Gasteiger charge is -2.20. The van der Waals surface area contributed by atoms with Crippen molar-refractivity contribution in [3.05, 3.63) is 95.8 Å². The smallest absolute Gasteiger partial charge is 0.328 e. The molecule has 1 N–H and O–H groups in total. The summed E-state index contributed by atoms with van der Waals surface area (Å²) in [5.41, 5.74) is 5.99. The number of nitrogens with one attached hydrogen (secondary N) is 1. The van der Waals surface area contributed by atoms with E-state index in [-0.39, 0.29) is 11.9 Å². The number of pyridine rings is 1. The molecule has 6 heteroatoms. The maximum Gasteiger partial charge on any atom is 0.328 e. The Hall–Kier alpha value is -3.38. The number of carbonyl (C=O) groups is 2. The van der Waals surface area contributed by atoms with Crippen LogP contribution in [-0.2, 0) is 9.53 Å². The van der Waals surface area contributed by atoms with Crippen LogP contribution in [0.1, 0.15) is 143 Å². The van der Waals surface area contributed by atoms with Gasteiger partial charge in [0.1, 0.15) is 6.04 Å². The minimum absolute atomic E-state index is 0.285. The molecule has 0 spiro atoms. The van der Waals surface area contributed by atoms with Gasteiger partial charge in [-0.3, -0.25) is 9.78 Å². The van der Waals surface area contributed by atoms with Crippen molar-refractivity contribution in [1.82, 2.24) is 10.3 Å². The Bertz CT molecular complexity index is 1420. The molecule has 0 aliphatic carbocycles. The molecule has 272 valence electrons. The van der Waals surface area contributed by atoms with E-state index >= 15 is 0 Å². The molecule has 0 radical (unpaired) electrons. The number of thioether (sulfide) groups is 1. The quantitative estimate of drug-likeness (QED) is 0.0667. The molecule has 1 atom stereocenters. The van der Waals surface area contributed by atoms with Gasteiger partial charge in [0.2, 0.25) is 0 Å². The van der Waals surface area contributed by atoms with Crippen molar-refractivity contribution in [3.8, 4) is 11.1 Å². The number of hydrogen-bond acceptors (Lipinski definition) is 5. The van der Waals surface area contributed by atoms with Crippen LogP contribution >= 0.6 is 11.8 Å². The summed E-state index contributed by atoms with van der Waals surface area (Å²) < 4.78 is 5.71. The zero-order valence-corrected chi connectivity index (χ0v) is 32.0. The second kappa shape index (κ2) is 24.7. The maximum atomic E-state index is 13.9. The van der Waals surface area contributed by atoms with Crippen LogP contribution in [0.3, 0.4) is 0 Å². The summed E-state index contributed by atoms with van der Waals surface area (Å²) in [6, 6.07) is 17.0. The number of unbranched alkanes of at least 4 members (excludes halogenated alkanes) is 15. The largest absolute Gasteiger partial charge is 0.464 e. The van der Waals surface area contributed by atoms with Crippen LogP contribution in [0.5, 0.6) is 0 Å². The molecule has 1 amide bonds. The monoisotopic (exact) mass is 698 g/mol. The normalized spacial score (nSPS) is 11.7. The third-order valence-corrected chi connectivity index (χ3v) is 10.1. The molecular formula is C44H62N2O3S. The van der Waals surface area contributed by atoms with Crippen LogP contribution in [0, 0.1) is 6.92 Å². The highest BCUT2D eigenvalue weighted by atomic mass is 32.2. The number of rotatable bonds is 26. The average Bonchev–Trinajstić information content (AvgIpc) is 3.14. The second-order valence-electron chi connectivity index (χ2n) is 13.6. The third-order valence-electron chi connectivity index (χ3n) is 9.50. The fourth-order valence-electron chi connectivity index (χ4n) is 6.38. The molecule has 50 heavy (non-hydrogen) atoms. The number of nitrogens with zero attached hydrogens (tertiary/aromatic N) is 1. The van der Waals surface area contributed by atoms with Crippen LogP contribution in [0.4, 0.5) is 0 Å². The van der Waals surface area contributed by atoms with Gasteiger partial charge in [-0.2, -0.15) is 11.8 Å². The Morgan fingerprint density at radius 2 is 1.40 bits per heavy atom. The SMILES string of the molecule is C=C(c1cccnc1)c1ccc(C(=O)N[C@@H](CCSC)C(=O)OCCCCCCCCCCCCCCCCCC)c(-c2ccccc2C)c1. The van der Waals surface area contributed by atoms with E-state index in [4.69, 9.17) is 4.74 Å². The Morgan fingerprint density at radius 1 is 0.780 bits per heavy atom. The van der Waals surface area contributed by atoms with Crippen molar-refractivity contribution >= 4 is 29.2 Å². The second-order valence-corrected chi connectivity index (χ2v) is 14.6. The summed E-state index contributed by atoms with van der Waals surface area (Å²) >= 11 is 1.65. The van der Waals surface area contributed by atoms with E-state index in [0.717, 1.165) is 52.0 Å². The Labute approximate surface area is 307 Å². The number of esters is 1. The number of carbonyl (C=O) groups excluding carboxylic acids is 2. The maximum absolute atomic E-state index is 13.9. The molecule has 3 aromatic rings. The van der Waals surface area contributed by atoms with Crippen molar-refractivity contribution in [2.75, 3.05) is 18.6 Å². The third kappa shape index (κ3) is 14.8. The number of amides is 1. The first-order valence-electron chi connectivity index (χ1n) is 19.2. The number of aryl methyl sites for hydroxylation is 1. The Balaban J connectivity index is 1.46. The zero-order chi connectivity index (χ0) is 35.8. The molecule has 0 unspecified atom stereocenters.